The first-order valence-corrected chi connectivity index (χ1v) is 6.43. The van der Waals surface area contributed by atoms with Gasteiger partial charge in [-0.3, -0.25) is 14.4 Å². The lowest BCUT2D eigenvalue weighted by Crippen LogP contribution is -2.25. The smallest absolute Gasteiger partial charge is 0.320 e. The summed E-state index contributed by atoms with van der Waals surface area (Å²) in [5.41, 5.74) is 0. The van der Waals surface area contributed by atoms with Crippen molar-refractivity contribution in [2.75, 3.05) is 14.2 Å². The van der Waals surface area contributed by atoms with Crippen LogP contribution in [0.15, 0.2) is 12.2 Å². The first kappa shape index (κ1) is 15.4. The number of hydrogen-bond donors (Lipinski definition) is 0. The molecule has 1 atom stereocenters. The molecule has 0 heterocycles. The fourth-order valence-corrected chi connectivity index (χ4v) is 2.20. The van der Waals surface area contributed by atoms with E-state index in [0.717, 1.165) is 12.8 Å². The number of esters is 2. The van der Waals surface area contributed by atoms with Gasteiger partial charge in [0.15, 0.2) is 5.92 Å². The molecule has 1 aliphatic rings. The molecule has 0 amide bonds. The molecule has 0 N–H and O–H groups in total. The Morgan fingerprint density at radius 3 is 2.37 bits per heavy atom. The van der Waals surface area contributed by atoms with Gasteiger partial charge in [-0.2, -0.15) is 0 Å². The van der Waals surface area contributed by atoms with Crippen LogP contribution in [0.1, 0.15) is 32.1 Å². The number of allylic oxidation sites excluding steroid dienone is 2. The molecule has 0 aromatic carbocycles. The number of hydrogen-bond acceptors (Lipinski definition) is 5. The van der Waals surface area contributed by atoms with E-state index in [1.54, 1.807) is 6.08 Å². The molecule has 0 spiro atoms. The van der Waals surface area contributed by atoms with Gasteiger partial charge in [0, 0.05) is 12.3 Å². The quantitative estimate of drug-likeness (QED) is 0.416. The lowest BCUT2D eigenvalue weighted by atomic mass is 10.0. The number of rotatable bonds is 6. The Morgan fingerprint density at radius 2 is 1.89 bits per heavy atom. The summed E-state index contributed by atoms with van der Waals surface area (Å²) in [6.07, 6.45) is 7.07. The number of Topliss-reactive ketones (excluding diaryl/α,β-unsaturated/α-hetero) is 1. The molecule has 1 unspecified atom stereocenters. The Balaban J connectivity index is 2.44. The van der Waals surface area contributed by atoms with E-state index < -0.39 is 17.9 Å². The van der Waals surface area contributed by atoms with Crippen molar-refractivity contribution in [2.24, 2.45) is 11.8 Å². The van der Waals surface area contributed by atoms with Crippen LogP contribution in [-0.4, -0.2) is 31.9 Å². The molecule has 0 bridgehead atoms. The molecule has 0 radical (unpaired) electrons. The Kier molecular flexibility index (Phi) is 6.25. The van der Waals surface area contributed by atoms with Gasteiger partial charge in [0.1, 0.15) is 5.78 Å². The van der Waals surface area contributed by atoms with Crippen molar-refractivity contribution in [3.05, 3.63) is 12.2 Å². The molecule has 0 aromatic rings. The normalized spacial score (nSPS) is 19.1. The van der Waals surface area contributed by atoms with Crippen LogP contribution in [0, 0.1) is 11.8 Å². The SMILES string of the molecule is COC(=O)C(C/C=C/CC1CCCC1=O)C(=O)OC. The van der Waals surface area contributed by atoms with Crippen molar-refractivity contribution in [1.82, 2.24) is 0 Å². The molecule has 19 heavy (non-hydrogen) atoms. The van der Waals surface area contributed by atoms with Gasteiger partial charge in [-0.1, -0.05) is 12.2 Å². The third-order valence-electron chi connectivity index (χ3n) is 3.36. The van der Waals surface area contributed by atoms with E-state index in [9.17, 15) is 14.4 Å². The van der Waals surface area contributed by atoms with E-state index in [2.05, 4.69) is 9.47 Å². The van der Waals surface area contributed by atoms with E-state index in [1.807, 2.05) is 6.08 Å². The first-order chi connectivity index (χ1) is 9.10. The van der Waals surface area contributed by atoms with Crippen molar-refractivity contribution >= 4 is 17.7 Å². The number of carbonyl (C=O) groups is 3. The summed E-state index contributed by atoms with van der Waals surface area (Å²) in [6, 6.07) is 0. The number of ketones is 1. The fourth-order valence-electron chi connectivity index (χ4n) is 2.20. The van der Waals surface area contributed by atoms with E-state index in [0.29, 0.717) is 18.6 Å². The summed E-state index contributed by atoms with van der Waals surface area (Å²) in [4.78, 5) is 34.2. The van der Waals surface area contributed by atoms with Crippen LogP contribution in [0.4, 0.5) is 0 Å². The zero-order valence-electron chi connectivity index (χ0n) is 11.4. The minimum atomic E-state index is -0.925. The lowest BCUT2D eigenvalue weighted by Gasteiger charge is -2.10. The van der Waals surface area contributed by atoms with Crippen molar-refractivity contribution in [2.45, 2.75) is 32.1 Å². The predicted molar refractivity (Wildman–Crippen MR) is 68.2 cm³/mol. The van der Waals surface area contributed by atoms with Gasteiger partial charge in [0.2, 0.25) is 0 Å². The molecule has 0 aliphatic heterocycles. The summed E-state index contributed by atoms with van der Waals surface area (Å²) < 4.78 is 9.11. The van der Waals surface area contributed by atoms with Gasteiger partial charge >= 0.3 is 11.9 Å². The summed E-state index contributed by atoms with van der Waals surface area (Å²) >= 11 is 0. The van der Waals surface area contributed by atoms with Crippen LogP contribution >= 0.6 is 0 Å². The van der Waals surface area contributed by atoms with Gasteiger partial charge < -0.3 is 9.47 Å². The Bertz CT molecular complexity index is 356. The zero-order chi connectivity index (χ0) is 14.3. The third-order valence-corrected chi connectivity index (χ3v) is 3.36. The second kappa shape index (κ2) is 7.71. The van der Waals surface area contributed by atoms with Gasteiger partial charge in [-0.05, 0) is 25.7 Å². The molecule has 1 aliphatic carbocycles. The standard InChI is InChI=1S/C14H20O5/c1-18-13(16)11(14(17)19-2)8-4-3-6-10-7-5-9-12(10)15/h3-4,10-11H,5-9H2,1-2H3/b4-3+. The minimum absolute atomic E-state index is 0.103. The van der Waals surface area contributed by atoms with Crippen LogP contribution in [0.5, 0.6) is 0 Å². The van der Waals surface area contributed by atoms with Crippen molar-refractivity contribution in [1.29, 1.82) is 0 Å². The summed E-state index contributed by atoms with van der Waals surface area (Å²) in [5, 5.41) is 0. The van der Waals surface area contributed by atoms with E-state index in [-0.39, 0.29) is 12.3 Å². The maximum Gasteiger partial charge on any atom is 0.320 e. The predicted octanol–water partition coefficient (Wildman–Crippen LogP) is 1.65. The highest BCUT2D eigenvalue weighted by atomic mass is 16.5. The van der Waals surface area contributed by atoms with Gasteiger partial charge in [-0.15, -0.1) is 0 Å². The lowest BCUT2D eigenvalue weighted by molar-refractivity contribution is -0.158. The van der Waals surface area contributed by atoms with Crippen LogP contribution in [0.2, 0.25) is 0 Å². The molecule has 1 fully saturated rings. The van der Waals surface area contributed by atoms with Crippen LogP contribution in [0.25, 0.3) is 0 Å². The average molecular weight is 268 g/mol. The molecule has 0 aromatic heterocycles. The van der Waals surface area contributed by atoms with E-state index in [1.165, 1.54) is 14.2 Å². The highest BCUT2D eigenvalue weighted by molar-refractivity contribution is 5.94. The molecular formula is C14H20O5. The summed E-state index contributed by atoms with van der Waals surface area (Å²) in [5.74, 6) is -1.72. The minimum Gasteiger partial charge on any atom is -0.468 e. The Hall–Kier alpha value is -1.65. The molecular weight excluding hydrogens is 248 g/mol. The van der Waals surface area contributed by atoms with E-state index in [4.69, 9.17) is 0 Å². The van der Waals surface area contributed by atoms with Gasteiger partial charge in [0.25, 0.3) is 0 Å². The molecule has 106 valence electrons. The topological polar surface area (TPSA) is 69.7 Å². The first-order valence-electron chi connectivity index (χ1n) is 6.43. The zero-order valence-corrected chi connectivity index (χ0v) is 11.4. The summed E-state index contributed by atoms with van der Waals surface area (Å²) in [7, 11) is 2.47. The van der Waals surface area contributed by atoms with Gasteiger partial charge in [0.05, 0.1) is 14.2 Å². The second-order valence-corrected chi connectivity index (χ2v) is 4.60. The second-order valence-electron chi connectivity index (χ2n) is 4.60. The average Bonchev–Trinajstić information content (AvgIpc) is 2.83. The molecule has 0 saturated heterocycles. The van der Waals surface area contributed by atoms with Gasteiger partial charge in [-0.25, -0.2) is 0 Å². The Labute approximate surface area is 112 Å². The Morgan fingerprint density at radius 1 is 1.26 bits per heavy atom. The maximum atomic E-state index is 11.4. The fraction of sp³-hybridized carbons (Fsp3) is 0.643. The monoisotopic (exact) mass is 268 g/mol. The summed E-state index contributed by atoms with van der Waals surface area (Å²) in [6.45, 7) is 0. The van der Waals surface area contributed by atoms with Crippen molar-refractivity contribution in [3.8, 4) is 0 Å². The highest BCUT2D eigenvalue weighted by Crippen LogP contribution is 2.24. The van der Waals surface area contributed by atoms with Crippen molar-refractivity contribution in [3.63, 3.8) is 0 Å². The molecule has 1 saturated carbocycles. The molecule has 5 nitrogen and oxygen atoms in total. The van der Waals surface area contributed by atoms with Crippen LogP contribution in [0.3, 0.4) is 0 Å². The van der Waals surface area contributed by atoms with E-state index >= 15 is 0 Å². The number of carbonyl (C=O) groups excluding carboxylic acids is 3. The number of ether oxygens (including phenoxy) is 2. The third kappa shape index (κ3) is 4.50. The number of methoxy groups -OCH3 is 2. The largest absolute Gasteiger partial charge is 0.468 e. The van der Waals surface area contributed by atoms with Crippen LogP contribution in [-0.2, 0) is 23.9 Å². The molecule has 5 heteroatoms. The maximum absolute atomic E-state index is 11.4. The van der Waals surface area contributed by atoms with Crippen molar-refractivity contribution < 1.29 is 23.9 Å². The highest BCUT2D eigenvalue weighted by Gasteiger charge is 2.27. The van der Waals surface area contributed by atoms with Crippen LogP contribution < -0.4 is 0 Å². The molecule has 1 rings (SSSR count).